The van der Waals surface area contributed by atoms with Crippen molar-refractivity contribution in [2.75, 3.05) is 13.1 Å². The molecule has 0 unspecified atom stereocenters. The van der Waals surface area contributed by atoms with Crippen LogP contribution in [0.3, 0.4) is 0 Å². The van der Waals surface area contributed by atoms with E-state index >= 15 is 0 Å². The first kappa shape index (κ1) is 14.7. The van der Waals surface area contributed by atoms with E-state index in [2.05, 4.69) is 37.9 Å². The number of nitrogens with zero attached hydrogens (tertiary/aromatic N) is 3. The van der Waals surface area contributed by atoms with Crippen molar-refractivity contribution in [3.63, 3.8) is 0 Å². The van der Waals surface area contributed by atoms with E-state index in [-0.39, 0.29) is 0 Å². The molecule has 1 aliphatic heterocycles. The van der Waals surface area contributed by atoms with E-state index in [4.69, 9.17) is 4.52 Å². The summed E-state index contributed by atoms with van der Waals surface area (Å²) >= 11 is 1.81. The number of aryl methyl sites for hydroxylation is 1. The fourth-order valence-electron chi connectivity index (χ4n) is 2.72. The number of likely N-dealkylation sites (tertiary alicyclic amines) is 1. The Morgan fingerprint density at radius 2 is 2.48 bits per heavy atom. The van der Waals surface area contributed by atoms with Gasteiger partial charge in [-0.3, -0.25) is 4.90 Å². The second kappa shape index (κ2) is 7.15. The van der Waals surface area contributed by atoms with Crippen molar-refractivity contribution in [2.24, 2.45) is 0 Å². The van der Waals surface area contributed by atoms with Gasteiger partial charge in [0.2, 0.25) is 5.89 Å². The van der Waals surface area contributed by atoms with Crippen LogP contribution in [0.1, 0.15) is 36.4 Å². The van der Waals surface area contributed by atoms with Gasteiger partial charge in [0.15, 0.2) is 5.82 Å². The third-order valence-corrected chi connectivity index (χ3v) is 4.70. The third kappa shape index (κ3) is 4.12. The van der Waals surface area contributed by atoms with Crippen molar-refractivity contribution in [3.8, 4) is 0 Å². The maximum Gasteiger partial charge on any atom is 0.226 e. The molecule has 1 fully saturated rings. The van der Waals surface area contributed by atoms with Crippen LogP contribution >= 0.6 is 11.3 Å². The Kier molecular flexibility index (Phi) is 5.00. The summed E-state index contributed by atoms with van der Waals surface area (Å²) in [6.07, 6.45) is 3.27. The van der Waals surface area contributed by atoms with Crippen LogP contribution in [-0.2, 0) is 19.5 Å². The third-order valence-electron chi connectivity index (χ3n) is 3.83. The van der Waals surface area contributed by atoms with Gasteiger partial charge in [0.1, 0.15) is 0 Å². The van der Waals surface area contributed by atoms with Crippen LogP contribution in [0.4, 0.5) is 0 Å². The van der Waals surface area contributed by atoms with Crippen LogP contribution in [0, 0.1) is 0 Å². The zero-order valence-corrected chi connectivity index (χ0v) is 13.2. The standard InChI is InChI=1S/C15H22N4OS/c1-2-15-17-14(18-20-15)11-19-7-3-5-12(10-19)16-9-13-6-4-8-21-13/h4,6,8,12,16H,2-3,5,7,9-11H2,1H3/t12-/m0/s1. The monoisotopic (exact) mass is 306 g/mol. The molecule has 5 nitrogen and oxygen atoms in total. The van der Waals surface area contributed by atoms with E-state index in [0.29, 0.717) is 6.04 Å². The first-order valence-electron chi connectivity index (χ1n) is 7.63. The molecule has 0 aromatic carbocycles. The van der Waals surface area contributed by atoms with Crippen molar-refractivity contribution < 1.29 is 4.52 Å². The molecular formula is C15H22N4OS. The molecule has 0 bridgehead atoms. The molecule has 1 aliphatic rings. The molecule has 0 saturated carbocycles. The van der Waals surface area contributed by atoms with Crippen molar-refractivity contribution in [3.05, 3.63) is 34.1 Å². The SMILES string of the molecule is CCc1nc(CN2CCC[C@H](NCc3cccs3)C2)no1. The van der Waals surface area contributed by atoms with Crippen LogP contribution in [0.2, 0.25) is 0 Å². The predicted octanol–water partition coefficient (Wildman–Crippen LogP) is 2.45. The zero-order chi connectivity index (χ0) is 14.5. The van der Waals surface area contributed by atoms with E-state index in [1.807, 2.05) is 18.3 Å². The number of nitrogens with one attached hydrogen (secondary N) is 1. The molecule has 2 aromatic heterocycles. The van der Waals surface area contributed by atoms with Crippen LogP contribution in [0.15, 0.2) is 22.0 Å². The van der Waals surface area contributed by atoms with Gasteiger partial charge in [0, 0.05) is 30.4 Å². The highest BCUT2D eigenvalue weighted by molar-refractivity contribution is 7.09. The lowest BCUT2D eigenvalue weighted by Gasteiger charge is -2.32. The number of hydrogen-bond acceptors (Lipinski definition) is 6. The molecule has 0 aliphatic carbocycles. The van der Waals surface area contributed by atoms with Crippen LogP contribution < -0.4 is 5.32 Å². The lowest BCUT2D eigenvalue weighted by atomic mass is 10.1. The molecule has 1 atom stereocenters. The summed E-state index contributed by atoms with van der Waals surface area (Å²) in [6, 6.07) is 4.85. The molecule has 114 valence electrons. The van der Waals surface area contributed by atoms with E-state index in [9.17, 15) is 0 Å². The molecule has 3 heterocycles. The molecule has 1 saturated heterocycles. The summed E-state index contributed by atoms with van der Waals surface area (Å²) in [5.41, 5.74) is 0. The maximum atomic E-state index is 5.18. The van der Waals surface area contributed by atoms with Gasteiger partial charge in [0.05, 0.1) is 6.54 Å². The van der Waals surface area contributed by atoms with Crippen molar-refractivity contribution in [1.29, 1.82) is 0 Å². The second-order valence-corrected chi connectivity index (χ2v) is 6.52. The summed E-state index contributed by atoms with van der Waals surface area (Å²) in [5.74, 6) is 1.54. The van der Waals surface area contributed by atoms with Crippen LogP contribution in [0.5, 0.6) is 0 Å². The Bertz CT molecular complexity index is 540. The normalized spacial score (nSPS) is 20.0. The van der Waals surface area contributed by atoms with Crippen molar-refractivity contribution >= 4 is 11.3 Å². The van der Waals surface area contributed by atoms with E-state index < -0.39 is 0 Å². The second-order valence-electron chi connectivity index (χ2n) is 5.49. The molecule has 6 heteroatoms. The van der Waals surface area contributed by atoms with Gasteiger partial charge in [-0.25, -0.2) is 0 Å². The van der Waals surface area contributed by atoms with Gasteiger partial charge >= 0.3 is 0 Å². The highest BCUT2D eigenvalue weighted by Crippen LogP contribution is 2.14. The first-order chi connectivity index (χ1) is 10.3. The summed E-state index contributed by atoms with van der Waals surface area (Å²) < 4.78 is 5.18. The predicted molar refractivity (Wildman–Crippen MR) is 83.1 cm³/mol. The maximum absolute atomic E-state index is 5.18. The fraction of sp³-hybridized carbons (Fsp3) is 0.600. The Hall–Kier alpha value is -1.24. The Morgan fingerprint density at radius 1 is 1.52 bits per heavy atom. The molecule has 21 heavy (non-hydrogen) atoms. The summed E-state index contributed by atoms with van der Waals surface area (Å²) in [4.78, 5) is 8.21. The van der Waals surface area contributed by atoms with Crippen molar-refractivity contribution in [1.82, 2.24) is 20.4 Å². The lowest BCUT2D eigenvalue weighted by Crippen LogP contribution is -2.45. The number of piperidine rings is 1. The van der Waals surface area contributed by atoms with E-state index in [1.165, 1.54) is 17.7 Å². The Balaban J connectivity index is 1.48. The van der Waals surface area contributed by atoms with Gasteiger partial charge in [-0.2, -0.15) is 4.98 Å². The number of aromatic nitrogens is 2. The van der Waals surface area contributed by atoms with E-state index in [1.54, 1.807) is 0 Å². The summed E-state index contributed by atoms with van der Waals surface area (Å²) in [7, 11) is 0. The highest BCUT2D eigenvalue weighted by atomic mass is 32.1. The Morgan fingerprint density at radius 3 is 3.24 bits per heavy atom. The smallest absolute Gasteiger partial charge is 0.226 e. The largest absolute Gasteiger partial charge is 0.339 e. The van der Waals surface area contributed by atoms with Gasteiger partial charge in [-0.05, 0) is 30.8 Å². The number of rotatable bonds is 6. The van der Waals surface area contributed by atoms with Crippen LogP contribution in [-0.4, -0.2) is 34.2 Å². The number of hydrogen-bond donors (Lipinski definition) is 1. The average Bonchev–Trinajstić information content (AvgIpc) is 3.17. The number of thiophene rings is 1. The highest BCUT2D eigenvalue weighted by Gasteiger charge is 2.21. The molecule has 0 radical (unpaired) electrons. The molecule has 0 amide bonds. The zero-order valence-electron chi connectivity index (χ0n) is 12.4. The average molecular weight is 306 g/mol. The fourth-order valence-corrected chi connectivity index (χ4v) is 3.38. The molecule has 1 N–H and O–H groups in total. The molecule has 0 spiro atoms. The lowest BCUT2D eigenvalue weighted by molar-refractivity contribution is 0.177. The van der Waals surface area contributed by atoms with Gasteiger partial charge in [0.25, 0.3) is 0 Å². The quantitative estimate of drug-likeness (QED) is 0.888. The molecular weight excluding hydrogens is 284 g/mol. The summed E-state index contributed by atoms with van der Waals surface area (Å²) in [5, 5.41) is 9.84. The minimum absolute atomic E-state index is 0.554. The van der Waals surface area contributed by atoms with Crippen LogP contribution in [0.25, 0.3) is 0 Å². The van der Waals surface area contributed by atoms with Gasteiger partial charge in [-0.1, -0.05) is 18.1 Å². The first-order valence-corrected chi connectivity index (χ1v) is 8.51. The minimum atomic E-state index is 0.554. The van der Waals surface area contributed by atoms with E-state index in [0.717, 1.165) is 44.3 Å². The topological polar surface area (TPSA) is 54.2 Å². The minimum Gasteiger partial charge on any atom is -0.339 e. The van der Waals surface area contributed by atoms with Gasteiger partial charge < -0.3 is 9.84 Å². The van der Waals surface area contributed by atoms with Crippen molar-refractivity contribution in [2.45, 2.75) is 45.3 Å². The Labute approximate surface area is 129 Å². The van der Waals surface area contributed by atoms with Gasteiger partial charge in [-0.15, -0.1) is 11.3 Å². The molecule has 3 rings (SSSR count). The summed E-state index contributed by atoms with van der Waals surface area (Å²) in [6.45, 7) is 5.97. The molecule has 2 aromatic rings.